The second kappa shape index (κ2) is 18.9. The number of hydrogen-bond acceptors (Lipinski definition) is 6. The van der Waals surface area contributed by atoms with E-state index in [-0.39, 0.29) is 34.3 Å². The zero-order valence-corrected chi connectivity index (χ0v) is 41.9. The minimum atomic E-state index is -2.63. The molecule has 1 saturated heterocycles. The quantitative estimate of drug-likeness (QED) is 0.148. The summed E-state index contributed by atoms with van der Waals surface area (Å²) in [6, 6.07) is 42.8. The molecule has 2 heterocycles. The zero-order valence-electron chi connectivity index (χ0n) is 39.9. The highest BCUT2D eigenvalue weighted by Gasteiger charge is 2.57. The summed E-state index contributed by atoms with van der Waals surface area (Å²) in [6.07, 6.45) is 6.18. The van der Waals surface area contributed by atoms with Gasteiger partial charge in [-0.25, -0.2) is 9.59 Å². The predicted octanol–water partition coefficient (Wildman–Crippen LogP) is 10.0. The molecule has 0 bridgehead atoms. The summed E-state index contributed by atoms with van der Waals surface area (Å²) >= 11 is 0. The van der Waals surface area contributed by atoms with Crippen LogP contribution >= 0.6 is 0 Å². The van der Waals surface area contributed by atoms with E-state index in [1.807, 2.05) is 70.9 Å². The molecule has 4 aromatic carbocycles. The molecule has 1 aliphatic carbocycles. The van der Waals surface area contributed by atoms with E-state index in [2.05, 4.69) is 151 Å². The van der Waals surface area contributed by atoms with Crippen molar-refractivity contribution in [1.82, 2.24) is 9.80 Å². The molecular weight excluding hydrogens is 817 g/mol. The van der Waals surface area contributed by atoms with Gasteiger partial charge < -0.3 is 18.3 Å². The molecular formula is C53H72N2O6Si2. The van der Waals surface area contributed by atoms with Crippen molar-refractivity contribution in [3.8, 4) is 0 Å². The van der Waals surface area contributed by atoms with Gasteiger partial charge in [-0.05, 0) is 97.5 Å². The van der Waals surface area contributed by atoms with Crippen molar-refractivity contribution < 1.29 is 27.9 Å². The van der Waals surface area contributed by atoms with Gasteiger partial charge in [-0.2, -0.15) is 0 Å². The highest BCUT2D eigenvalue weighted by molar-refractivity contribution is 7.00. The van der Waals surface area contributed by atoms with E-state index in [0.717, 1.165) is 19.3 Å². The average Bonchev–Trinajstić information content (AvgIpc) is 3.61. The van der Waals surface area contributed by atoms with Crippen LogP contribution in [0.25, 0.3) is 0 Å². The van der Waals surface area contributed by atoms with Crippen LogP contribution < -0.4 is 20.7 Å². The van der Waals surface area contributed by atoms with E-state index < -0.39 is 27.8 Å². The van der Waals surface area contributed by atoms with Gasteiger partial charge in [-0.15, -0.1) is 0 Å². The summed E-state index contributed by atoms with van der Waals surface area (Å²) in [5.74, 6) is 0.593. The van der Waals surface area contributed by atoms with Gasteiger partial charge in [0.15, 0.2) is 0 Å². The van der Waals surface area contributed by atoms with Crippen LogP contribution in [0.3, 0.4) is 0 Å². The first-order valence-electron chi connectivity index (χ1n) is 22.8. The Morgan fingerprint density at radius 3 is 1.25 bits per heavy atom. The average molecular weight is 889 g/mol. The predicted molar refractivity (Wildman–Crippen MR) is 261 cm³/mol. The van der Waals surface area contributed by atoms with E-state index in [1.54, 1.807) is 4.90 Å². The molecule has 0 N–H and O–H groups in total. The second-order valence-corrected chi connectivity index (χ2v) is 30.1. The van der Waals surface area contributed by atoms with E-state index in [4.69, 9.17) is 18.3 Å². The number of hydrogen-bond donors (Lipinski definition) is 0. The van der Waals surface area contributed by atoms with Gasteiger partial charge >= 0.3 is 12.2 Å². The number of likely N-dealkylation sites (tertiary alicyclic amines) is 1. The number of piperidine rings is 1. The minimum Gasteiger partial charge on any atom is -0.444 e. The molecule has 2 fully saturated rings. The van der Waals surface area contributed by atoms with Gasteiger partial charge in [-0.3, -0.25) is 9.80 Å². The Hall–Kier alpha value is -4.49. The molecule has 0 unspecified atom stereocenters. The number of carbonyl (C=O) groups excluding carboxylic acids is 2. The van der Waals surface area contributed by atoms with Gasteiger partial charge in [-0.1, -0.05) is 169 Å². The molecule has 2 aliphatic heterocycles. The van der Waals surface area contributed by atoms with Crippen molar-refractivity contribution in [3.05, 3.63) is 134 Å². The summed E-state index contributed by atoms with van der Waals surface area (Å²) in [5, 5.41) is 4.84. The SMILES string of the molecule is CC(C)(C)OC(=O)N1C=CC[C@H]1CO[Si](c1ccccc1)(c1ccccc1)C(C)(C)C.CC(C)(C)OC(=O)N1[C@H](CO[Si](c2ccccc2)(c2ccccc2)C(C)(C)C)C[C@H]2C[C@H]21. The topological polar surface area (TPSA) is 77.5 Å². The molecule has 0 spiro atoms. The van der Waals surface area contributed by atoms with Gasteiger partial charge in [0, 0.05) is 12.2 Å². The fraction of sp³-hybridized carbons (Fsp3) is 0.472. The number of fused-ring (bicyclic) bond motifs is 1. The monoisotopic (exact) mass is 888 g/mol. The molecule has 338 valence electrons. The highest BCUT2D eigenvalue weighted by atomic mass is 28.4. The molecule has 10 heteroatoms. The van der Waals surface area contributed by atoms with Gasteiger partial charge in [0.05, 0.1) is 25.3 Å². The summed E-state index contributed by atoms with van der Waals surface area (Å²) in [5.41, 5.74) is -1.02. The van der Waals surface area contributed by atoms with E-state index in [1.165, 1.54) is 20.7 Å². The fourth-order valence-electron chi connectivity index (χ4n) is 9.51. The maximum Gasteiger partial charge on any atom is 0.414 e. The zero-order chi connectivity index (χ0) is 45.8. The van der Waals surface area contributed by atoms with Crippen LogP contribution in [0.4, 0.5) is 9.59 Å². The minimum absolute atomic E-state index is 0.0650. The lowest BCUT2D eigenvalue weighted by molar-refractivity contribution is 0.0134. The molecule has 4 atom stereocenters. The van der Waals surface area contributed by atoms with Crippen LogP contribution in [0.1, 0.15) is 102 Å². The third-order valence-corrected chi connectivity index (χ3v) is 22.3. The van der Waals surface area contributed by atoms with E-state index in [0.29, 0.717) is 25.2 Å². The number of carbonyl (C=O) groups is 2. The molecule has 0 radical (unpaired) electrons. The molecule has 1 saturated carbocycles. The first-order valence-corrected chi connectivity index (χ1v) is 26.6. The highest BCUT2D eigenvalue weighted by Crippen LogP contribution is 2.49. The Morgan fingerprint density at radius 2 is 0.889 bits per heavy atom. The van der Waals surface area contributed by atoms with Crippen LogP contribution in [0.15, 0.2) is 134 Å². The number of amides is 2. The summed E-state index contributed by atoms with van der Waals surface area (Å²) in [6.45, 7) is 26.1. The normalized spacial score (nSPS) is 20.1. The Bertz CT molecular complexity index is 2060. The van der Waals surface area contributed by atoms with Crippen molar-refractivity contribution >= 4 is 49.6 Å². The van der Waals surface area contributed by atoms with Crippen molar-refractivity contribution in [2.45, 2.75) is 142 Å². The standard InChI is InChI=1S/C27H37NO3Si.C26H35NO3Si/c1-26(2,3)31-25(29)28-21(17-20-18-24(20)28)19-30-32(27(4,5)6,22-13-9-7-10-14-22)23-15-11-8-12-16-23;1-25(2,3)30-24(28)27-19-13-14-21(27)20-29-31(26(4,5)6,22-15-9-7-10-16-22)23-17-11-8-12-18-23/h7-16,20-21,24H,17-19H2,1-6H3;7-13,15-19,21H,14,20H2,1-6H3/t20-,21-,24+;21-/m00/s1. The largest absolute Gasteiger partial charge is 0.444 e. The fourth-order valence-corrected chi connectivity index (χ4v) is 18.7. The Morgan fingerprint density at radius 1 is 0.524 bits per heavy atom. The molecule has 8 nitrogen and oxygen atoms in total. The first-order chi connectivity index (χ1) is 29.6. The summed E-state index contributed by atoms with van der Waals surface area (Å²) < 4.78 is 25.5. The third-order valence-electron chi connectivity index (χ3n) is 12.3. The van der Waals surface area contributed by atoms with Crippen molar-refractivity contribution in [2.24, 2.45) is 5.92 Å². The third kappa shape index (κ3) is 10.9. The lowest BCUT2D eigenvalue weighted by atomic mass is 10.2. The lowest BCUT2D eigenvalue weighted by Gasteiger charge is -2.44. The maximum atomic E-state index is 13.0. The van der Waals surface area contributed by atoms with Crippen molar-refractivity contribution in [3.63, 3.8) is 0 Å². The van der Waals surface area contributed by atoms with Crippen LogP contribution in [0, 0.1) is 5.92 Å². The lowest BCUT2D eigenvalue weighted by Crippen LogP contribution is -2.67. The van der Waals surface area contributed by atoms with Crippen molar-refractivity contribution in [2.75, 3.05) is 13.2 Å². The first kappa shape index (κ1) is 48.0. The summed E-state index contributed by atoms with van der Waals surface area (Å²) in [4.78, 5) is 29.4. The summed E-state index contributed by atoms with van der Waals surface area (Å²) in [7, 11) is -5.25. The number of rotatable bonds is 10. The second-order valence-electron chi connectivity index (χ2n) is 21.5. The molecule has 2 amide bonds. The number of benzene rings is 4. The number of nitrogens with zero attached hydrogens (tertiary/aromatic N) is 2. The molecule has 7 rings (SSSR count). The van der Waals surface area contributed by atoms with Crippen molar-refractivity contribution in [1.29, 1.82) is 0 Å². The molecule has 4 aromatic rings. The molecule has 3 aliphatic rings. The molecule has 0 aromatic heterocycles. The van der Waals surface area contributed by atoms with E-state index in [9.17, 15) is 9.59 Å². The Balaban J connectivity index is 0.000000210. The van der Waals surface area contributed by atoms with Crippen LogP contribution in [-0.4, -0.2) is 81.2 Å². The van der Waals surface area contributed by atoms with E-state index >= 15 is 0 Å². The van der Waals surface area contributed by atoms with Crippen LogP contribution in [0.5, 0.6) is 0 Å². The number of ether oxygens (including phenoxy) is 2. The Kier molecular flexibility index (Phi) is 14.4. The Labute approximate surface area is 380 Å². The van der Waals surface area contributed by atoms with Gasteiger partial charge in [0.1, 0.15) is 11.2 Å². The van der Waals surface area contributed by atoms with Gasteiger partial charge in [0.2, 0.25) is 0 Å². The van der Waals surface area contributed by atoms with Crippen LogP contribution in [0.2, 0.25) is 10.1 Å². The van der Waals surface area contributed by atoms with Crippen LogP contribution in [-0.2, 0) is 18.3 Å². The molecule has 63 heavy (non-hydrogen) atoms. The maximum absolute atomic E-state index is 13.0. The smallest absolute Gasteiger partial charge is 0.414 e. The van der Waals surface area contributed by atoms with Gasteiger partial charge in [0.25, 0.3) is 16.6 Å².